The summed E-state index contributed by atoms with van der Waals surface area (Å²) in [5.74, 6) is 2.62. The van der Waals surface area contributed by atoms with Crippen LogP contribution < -0.4 is 23.3 Å². The van der Waals surface area contributed by atoms with Crippen LogP contribution in [0.25, 0.3) is 21.9 Å². The Kier molecular flexibility index (Phi) is 11.6. The van der Waals surface area contributed by atoms with Crippen LogP contribution in [-0.4, -0.2) is 20.8 Å². The minimum atomic E-state index is 0.754. The lowest BCUT2D eigenvalue weighted by molar-refractivity contribution is -0.697. The van der Waals surface area contributed by atoms with Crippen molar-refractivity contribution < 1.29 is 23.3 Å². The molecule has 0 aliphatic rings. The molecule has 0 aliphatic heterocycles. The summed E-state index contributed by atoms with van der Waals surface area (Å²) in [5.41, 5.74) is 3.59. The summed E-state index contributed by atoms with van der Waals surface area (Å²) in [6.45, 7) is 2.63. The molecule has 0 amide bonds. The van der Waals surface area contributed by atoms with Crippen LogP contribution in [0, 0.1) is 0 Å². The van der Waals surface area contributed by atoms with Gasteiger partial charge in [-0.15, -0.1) is 0 Å². The van der Waals surface area contributed by atoms with E-state index in [0.717, 1.165) is 48.9 Å². The van der Waals surface area contributed by atoms with E-state index in [1.54, 1.807) is 14.2 Å². The Morgan fingerprint density at radius 1 is 0.545 bits per heavy atom. The number of unbranched alkanes of at least 4 members (excludes halogenated alkanes) is 7. The molecule has 5 rings (SSSR count). The lowest BCUT2D eigenvalue weighted by atomic mass is 10.1. The monoisotopic (exact) mass is 590 g/mol. The summed E-state index contributed by atoms with van der Waals surface area (Å²) in [6, 6.07) is 29.5. The van der Waals surface area contributed by atoms with E-state index in [-0.39, 0.29) is 0 Å². The van der Waals surface area contributed by atoms with Crippen molar-refractivity contribution in [2.75, 3.05) is 20.8 Å². The first-order valence-corrected chi connectivity index (χ1v) is 16.0. The average Bonchev–Trinajstić information content (AvgIpc) is 3.07. The third-order valence-electron chi connectivity index (χ3n) is 8.21. The van der Waals surface area contributed by atoms with Crippen molar-refractivity contribution in [1.29, 1.82) is 0 Å². The van der Waals surface area contributed by atoms with Crippen molar-refractivity contribution in [3.63, 3.8) is 0 Å². The van der Waals surface area contributed by atoms with Gasteiger partial charge in [0.05, 0.1) is 20.8 Å². The molecule has 0 aliphatic carbocycles. The number of hydrogen-bond donors (Lipinski definition) is 0. The molecule has 5 aromatic rings. The Labute approximate surface area is 262 Å². The van der Waals surface area contributed by atoms with Crippen molar-refractivity contribution in [2.45, 2.75) is 64.5 Å². The summed E-state index contributed by atoms with van der Waals surface area (Å²) in [5, 5.41) is 2.45. The molecule has 0 bridgehead atoms. The van der Waals surface area contributed by atoms with Gasteiger partial charge in [0.15, 0.2) is 31.3 Å². The number of nitrogens with zero attached hydrogens (tertiary/aromatic N) is 2. The van der Waals surface area contributed by atoms with E-state index >= 15 is 0 Å². The number of aromatic nitrogens is 2. The fourth-order valence-corrected chi connectivity index (χ4v) is 5.68. The van der Waals surface area contributed by atoms with Crippen molar-refractivity contribution in [1.82, 2.24) is 0 Å². The van der Waals surface area contributed by atoms with Crippen molar-refractivity contribution in [3.05, 3.63) is 115 Å². The maximum absolute atomic E-state index is 6.08. The molecule has 0 saturated carbocycles. The van der Waals surface area contributed by atoms with E-state index in [1.807, 2.05) is 18.2 Å². The number of hydrogen-bond acceptors (Lipinski definition) is 3. The number of methoxy groups -OCH3 is 2. The molecule has 0 saturated heterocycles. The fourth-order valence-electron chi connectivity index (χ4n) is 5.68. The van der Waals surface area contributed by atoms with Gasteiger partial charge in [-0.1, -0.05) is 68.5 Å². The molecule has 5 heteroatoms. The molecule has 0 fully saturated rings. The van der Waals surface area contributed by atoms with E-state index < -0.39 is 0 Å². The van der Waals surface area contributed by atoms with E-state index in [4.69, 9.17) is 14.2 Å². The molecule has 2 heterocycles. The summed E-state index contributed by atoms with van der Waals surface area (Å²) < 4.78 is 21.4. The van der Waals surface area contributed by atoms with Gasteiger partial charge in [0.2, 0.25) is 0 Å². The van der Waals surface area contributed by atoms with Crippen molar-refractivity contribution >= 4 is 10.8 Å². The van der Waals surface area contributed by atoms with E-state index in [9.17, 15) is 0 Å². The first-order valence-electron chi connectivity index (χ1n) is 16.0. The predicted molar refractivity (Wildman–Crippen MR) is 177 cm³/mol. The van der Waals surface area contributed by atoms with Crippen molar-refractivity contribution in [3.8, 4) is 28.4 Å². The second kappa shape index (κ2) is 16.5. The van der Waals surface area contributed by atoms with Crippen LogP contribution in [0.15, 0.2) is 110 Å². The Hall–Kier alpha value is -4.38. The van der Waals surface area contributed by atoms with Gasteiger partial charge in [-0.3, -0.25) is 0 Å². The lowest BCUT2D eigenvalue weighted by Gasteiger charge is -2.09. The first kappa shape index (κ1) is 31.1. The van der Waals surface area contributed by atoms with E-state index in [2.05, 4.69) is 101 Å². The van der Waals surface area contributed by atoms with Gasteiger partial charge < -0.3 is 14.2 Å². The van der Waals surface area contributed by atoms with E-state index in [1.165, 1.54) is 66.8 Å². The average molecular weight is 591 g/mol. The minimum Gasteiger partial charge on any atom is -0.497 e. The number of benzene rings is 3. The Bertz CT molecular complexity index is 1550. The highest BCUT2D eigenvalue weighted by molar-refractivity contribution is 5.88. The molecule has 3 aromatic carbocycles. The molecule has 228 valence electrons. The third kappa shape index (κ3) is 9.06. The minimum absolute atomic E-state index is 0.754. The molecule has 44 heavy (non-hydrogen) atoms. The van der Waals surface area contributed by atoms with Crippen LogP contribution in [0.2, 0.25) is 0 Å². The summed E-state index contributed by atoms with van der Waals surface area (Å²) in [4.78, 5) is 0. The van der Waals surface area contributed by atoms with Crippen LogP contribution in [0.1, 0.15) is 56.9 Å². The van der Waals surface area contributed by atoms with Crippen LogP contribution in [0.4, 0.5) is 0 Å². The van der Waals surface area contributed by atoms with Crippen LogP contribution in [-0.2, 0) is 13.1 Å². The zero-order chi connectivity index (χ0) is 30.4. The van der Waals surface area contributed by atoms with Crippen LogP contribution in [0.5, 0.6) is 17.2 Å². The molecule has 0 spiro atoms. The lowest BCUT2D eigenvalue weighted by Crippen LogP contribution is -2.33. The quantitative estimate of drug-likeness (QED) is 0.0807. The molecule has 0 unspecified atom stereocenters. The maximum Gasteiger partial charge on any atom is 0.174 e. The largest absolute Gasteiger partial charge is 0.497 e. The standard InChI is InChI=1S/C39H46N2O3/c1-42-36-28-32(29-37(30-36)43-2)31-41-25-20-34(21-26-41)33-18-23-40(24-19-33)22-11-7-5-3-4-6-8-12-27-44-39-17-13-15-35-14-9-10-16-38(35)39/h9-10,13-21,23-26,28-30H,3-8,11-12,22,27,31H2,1-2H3/q+2. The zero-order valence-electron chi connectivity index (χ0n) is 26.3. The highest BCUT2D eigenvalue weighted by Crippen LogP contribution is 2.26. The predicted octanol–water partition coefficient (Wildman–Crippen LogP) is 8.35. The summed E-state index contributed by atoms with van der Waals surface area (Å²) in [7, 11) is 3.36. The van der Waals surface area contributed by atoms with Gasteiger partial charge in [-0.05, 0) is 47.6 Å². The second-order valence-corrected chi connectivity index (χ2v) is 11.5. The van der Waals surface area contributed by atoms with Gasteiger partial charge in [-0.2, -0.15) is 0 Å². The third-order valence-corrected chi connectivity index (χ3v) is 8.21. The number of rotatable bonds is 17. The number of pyridine rings is 2. The van der Waals surface area contributed by atoms with Crippen LogP contribution >= 0.6 is 0 Å². The van der Waals surface area contributed by atoms with Gasteiger partial charge in [0.1, 0.15) is 23.8 Å². The molecule has 5 nitrogen and oxygen atoms in total. The normalized spacial score (nSPS) is 11.0. The number of ether oxygens (including phenoxy) is 3. The Morgan fingerprint density at radius 2 is 1.11 bits per heavy atom. The SMILES string of the molecule is COc1cc(C[n+]2ccc(-c3cc[n+](CCCCCCCCCCOc4cccc5ccccc45)cc3)cc2)cc(OC)c1. The van der Waals surface area contributed by atoms with Crippen LogP contribution in [0.3, 0.4) is 0 Å². The summed E-state index contributed by atoms with van der Waals surface area (Å²) >= 11 is 0. The fraction of sp³-hybridized carbons (Fsp3) is 0.333. The highest BCUT2D eigenvalue weighted by Gasteiger charge is 2.09. The maximum atomic E-state index is 6.08. The molecular weight excluding hydrogens is 544 g/mol. The van der Waals surface area contributed by atoms with Gasteiger partial charge >= 0.3 is 0 Å². The molecule has 2 aromatic heterocycles. The zero-order valence-corrected chi connectivity index (χ0v) is 26.3. The van der Waals surface area contributed by atoms with Gasteiger partial charge in [0, 0.05) is 47.7 Å². The smallest absolute Gasteiger partial charge is 0.174 e. The highest BCUT2D eigenvalue weighted by atomic mass is 16.5. The molecule has 0 radical (unpaired) electrons. The number of aryl methyl sites for hydroxylation is 1. The van der Waals surface area contributed by atoms with Crippen molar-refractivity contribution in [2.24, 2.45) is 0 Å². The second-order valence-electron chi connectivity index (χ2n) is 11.5. The van der Waals surface area contributed by atoms with Gasteiger partial charge in [0.25, 0.3) is 0 Å². The Balaban J connectivity index is 0.941. The molecule has 0 atom stereocenters. The first-order chi connectivity index (χ1) is 21.7. The van der Waals surface area contributed by atoms with Gasteiger partial charge in [-0.25, -0.2) is 9.13 Å². The Morgan fingerprint density at radius 3 is 1.77 bits per heavy atom. The van der Waals surface area contributed by atoms with E-state index in [0.29, 0.717) is 0 Å². The molecular formula is C39H46N2O3+2. The molecule has 0 N–H and O–H groups in total. The number of fused-ring (bicyclic) bond motifs is 1. The topological polar surface area (TPSA) is 35.5 Å². The summed E-state index contributed by atoms with van der Waals surface area (Å²) in [6.07, 6.45) is 18.8.